The molecule has 0 unspecified atom stereocenters. The standard InChI is InChI=1S/C8H11F6NO3/c1-5(16)18-6(2,3)4-17-15(7(9,10)11)8(12,13)14/h4H2,1-3H3. The largest absolute Gasteiger partial charge is 0.490 e. The lowest BCUT2D eigenvalue weighted by Gasteiger charge is -2.30. The number of rotatable bonds is 4. The Hall–Kier alpha value is -1.03. The summed E-state index contributed by atoms with van der Waals surface area (Å²) in [4.78, 5) is 14.2. The van der Waals surface area contributed by atoms with Gasteiger partial charge in [0.2, 0.25) is 0 Å². The zero-order valence-corrected chi connectivity index (χ0v) is 9.65. The quantitative estimate of drug-likeness (QED) is 0.344. The third kappa shape index (κ3) is 6.05. The molecule has 0 aromatic carbocycles. The van der Waals surface area contributed by atoms with E-state index in [1.807, 2.05) is 0 Å². The molecule has 0 radical (unpaired) electrons. The Balaban J connectivity index is 4.69. The van der Waals surface area contributed by atoms with Crippen molar-refractivity contribution < 1.29 is 40.7 Å². The van der Waals surface area contributed by atoms with E-state index >= 15 is 0 Å². The molecule has 0 N–H and O–H groups in total. The lowest BCUT2D eigenvalue weighted by Crippen LogP contribution is -2.50. The van der Waals surface area contributed by atoms with Crippen LogP contribution in [-0.2, 0) is 14.4 Å². The van der Waals surface area contributed by atoms with Crippen LogP contribution in [0.3, 0.4) is 0 Å². The maximum absolute atomic E-state index is 12.0. The number of nitrogens with zero attached hydrogens (tertiary/aromatic N) is 1. The second-order valence-electron chi connectivity index (χ2n) is 3.86. The monoisotopic (exact) mass is 283 g/mol. The molecule has 0 fully saturated rings. The van der Waals surface area contributed by atoms with Crippen LogP contribution in [0.25, 0.3) is 0 Å². The molecule has 0 aromatic rings. The summed E-state index contributed by atoms with van der Waals surface area (Å²) in [5, 5.41) is -2.05. The van der Waals surface area contributed by atoms with E-state index in [1.165, 1.54) is 0 Å². The normalized spacial score (nSPS) is 13.9. The Labute approximate surface area is 98.4 Å². The molecule has 0 saturated carbocycles. The smallest absolute Gasteiger partial charge is 0.457 e. The molecule has 0 saturated heterocycles. The molecule has 18 heavy (non-hydrogen) atoms. The highest BCUT2D eigenvalue weighted by Gasteiger charge is 2.56. The van der Waals surface area contributed by atoms with Crippen molar-refractivity contribution in [1.29, 1.82) is 0 Å². The average molecular weight is 283 g/mol. The van der Waals surface area contributed by atoms with Crippen LogP contribution in [0, 0.1) is 0 Å². The van der Waals surface area contributed by atoms with Crippen LogP contribution < -0.4 is 0 Å². The highest BCUT2D eigenvalue weighted by atomic mass is 19.4. The van der Waals surface area contributed by atoms with Crippen molar-refractivity contribution in [1.82, 2.24) is 5.06 Å². The van der Waals surface area contributed by atoms with E-state index in [4.69, 9.17) is 0 Å². The second-order valence-corrected chi connectivity index (χ2v) is 3.86. The van der Waals surface area contributed by atoms with E-state index < -0.39 is 35.8 Å². The van der Waals surface area contributed by atoms with Gasteiger partial charge >= 0.3 is 18.6 Å². The first-order valence-electron chi connectivity index (χ1n) is 4.52. The fraction of sp³-hybridized carbons (Fsp3) is 0.875. The minimum Gasteiger partial charge on any atom is -0.457 e. The van der Waals surface area contributed by atoms with E-state index in [0.717, 1.165) is 20.8 Å². The van der Waals surface area contributed by atoms with Crippen LogP contribution in [-0.4, -0.2) is 35.8 Å². The van der Waals surface area contributed by atoms with Gasteiger partial charge in [-0.15, -0.1) is 0 Å². The summed E-state index contributed by atoms with van der Waals surface area (Å²) < 4.78 is 76.6. The number of hydroxylamine groups is 2. The zero-order valence-electron chi connectivity index (χ0n) is 9.65. The maximum atomic E-state index is 12.0. The van der Waals surface area contributed by atoms with Gasteiger partial charge in [-0.3, -0.25) is 9.63 Å². The molecular formula is C8H11F6NO3. The van der Waals surface area contributed by atoms with Gasteiger partial charge in [-0.2, -0.15) is 26.3 Å². The van der Waals surface area contributed by atoms with Crippen LogP contribution in [0.5, 0.6) is 0 Å². The van der Waals surface area contributed by atoms with E-state index in [9.17, 15) is 31.1 Å². The number of alkyl halides is 6. The molecule has 0 amide bonds. The van der Waals surface area contributed by atoms with Crippen LogP contribution >= 0.6 is 0 Å². The maximum Gasteiger partial charge on any atom is 0.490 e. The van der Waals surface area contributed by atoms with E-state index in [2.05, 4.69) is 9.57 Å². The van der Waals surface area contributed by atoms with Gasteiger partial charge in [0.15, 0.2) is 0 Å². The summed E-state index contributed by atoms with van der Waals surface area (Å²) in [6.07, 6.45) is -11.5. The lowest BCUT2D eigenvalue weighted by molar-refractivity contribution is -0.486. The molecule has 0 aliphatic carbocycles. The van der Waals surface area contributed by atoms with Crippen molar-refractivity contribution in [2.75, 3.05) is 6.61 Å². The molecule has 0 heterocycles. The van der Waals surface area contributed by atoms with E-state index in [-0.39, 0.29) is 0 Å². The minimum absolute atomic E-state index is 0.853. The summed E-state index contributed by atoms with van der Waals surface area (Å²) >= 11 is 0. The van der Waals surface area contributed by atoms with Crippen molar-refractivity contribution >= 4 is 5.97 Å². The highest BCUT2D eigenvalue weighted by Crippen LogP contribution is 2.34. The molecule has 0 atom stereocenters. The SMILES string of the molecule is CC(=O)OC(C)(C)CON(C(F)(F)F)C(F)(F)F. The summed E-state index contributed by atoms with van der Waals surface area (Å²) in [7, 11) is 0. The first kappa shape index (κ1) is 17.0. The second kappa shape index (κ2) is 5.31. The first-order valence-corrected chi connectivity index (χ1v) is 4.52. The predicted octanol–water partition coefficient (Wildman–Crippen LogP) is 2.60. The zero-order chi connectivity index (χ0) is 14.8. The lowest BCUT2D eigenvalue weighted by atomic mass is 10.1. The molecule has 10 heteroatoms. The molecule has 0 aliphatic rings. The molecule has 0 aliphatic heterocycles. The van der Waals surface area contributed by atoms with Crippen molar-refractivity contribution in [3.05, 3.63) is 0 Å². The molecule has 0 bridgehead atoms. The third-order valence-electron chi connectivity index (χ3n) is 1.42. The van der Waals surface area contributed by atoms with E-state index in [0.29, 0.717) is 0 Å². The van der Waals surface area contributed by atoms with Crippen molar-refractivity contribution in [2.24, 2.45) is 0 Å². The molecule has 0 rings (SSSR count). The Kier molecular flexibility index (Phi) is 5.00. The highest BCUT2D eigenvalue weighted by molar-refractivity contribution is 5.66. The number of esters is 1. The Bertz CT molecular complexity index is 284. The van der Waals surface area contributed by atoms with Crippen molar-refractivity contribution in [3.8, 4) is 0 Å². The number of ether oxygens (including phenoxy) is 1. The van der Waals surface area contributed by atoms with Gasteiger partial charge in [-0.1, -0.05) is 0 Å². The van der Waals surface area contributed by atoms with Crippen LogP contribution in [0.4, 0.5) is 26.3 Å². The van der Waals surface area contributed by atoms with Gasteiger partial charge in [-0.25, -0.2) is 0 Å². The number of halogens is 6. The van der Waals surface area contributed by atoms with Crippen molar-refractivity contribution in [2.45, 2.75) is 39.0 Å². The Morgan fingerprint density at radius 3 is 1.72 bits per heavy atom. The van der Waals surface area contributed by atoms with Crippen LogP contribution in [0.2, 0.25) is 0 Å². The summed E-state index contributed by atoms with van der Waals surface area (Å²) in [6, 6.07) is 0. The fourth-order valence-corrected chi connectivity index (χ4v) is 0.929. The average Bonchev–Trinajstić information content (AvgIpc) is 1.94. The molecule has 0 spiro atoms. The summed E-state index contributed by atoms with van der Waals surface area (Å²) in [5.41, 5.74) is -1.62. The topological polar surface area (TPSA) is 38.8 Å². The van der Waals surface area contributed by atoms with Crippen molar-refractivity contribution in [3.63, 3.8) is 0 Å². The number of hydrogen-bond donors (Lipinski definition) is 0. The van der Waals surface area contributed by atoms with Gasteiger partial charge in [0.1, 0.15) is 12.2 Å². The van der Waals surface area contributed by atoms with Gasteiger partial charge in [0, 0.05) is 12.0 Å². The van der Waals surface area contributed by atoms with Gasteiger partial charge in [-0.05, 0) is 13.8 Å². The van der Waals surface area contributed by atoms with Gasteiger partial charge in [0.05, 0.1) is 0 Å². The summed E-state index contributed by atoms with van der Waals surface area (Å²) in [5.74, 6) is -0.853. The molecule has 108 valence electrons. The predicted molar refractivity (Wildman–Crippen MR) is 45.7 cm³/mol. The Morgan fingerprint density at radius 1 is 1.06 bits per heavy atom. The Morgan fingerprint density at radius 2 is 1.44 bits per heavy atom. The third-order valence-corrected chi connectivity index (χ3v) is 1.42. The van der Waals surface area contributed by atoms with Gasteiger partial charge < -0.3 is 4.74 Å². The number of carbonyl (C=O) groups is 1. The molecular weight excluding hydrogens is 272 g/mol. The number of carbonyl (C=O) groups excluding carboxylic acids is 1. The van der Waals surface area contributed by atoms with E-state index in [1.54, 1.807) is 0 Å². The summed E-state index contributed by atoms with van der Waals surface area (Å²) in [6.45, 7) is 2.08. The number of hydrogen-bond acceptors (Lipinski definition) is 4. The molecule has 4 nitrogen and oxygen atoms in total. The van der Waals surface area contributed by atoms with Crippen LogP contribution in [0.15, 0.2) is 0 Å². The minimum atomic E-state index is -5.75. The fourth-order valence-electron chi connectivity index (χ4n) is 0.929. The molecule has 0 aromatic heterocycles. The first-order chi connectivity index (χ1) is 7.76. The van der Waals surface area contributed by atoms with Crippen LogP contribution in [0.1, 0.15) is 20.8 Å². The van der Waals surface area contributed by atoms with Gasteiger partial charge in [0.25, 0.3) is 0 Å².